The molecule has 0 saturated heterocycles. The molecule has 0 amide bonds. The average molecular weight is 514 g/mol. The minimum absolute atomic E-state index is 0.573. The molecule has 4 heterocycles. The van der Waals surface area contributed by atoms with Crippen LogP contribution in [0.15, 0.2) is 124 Å². The predicted molar refractivity (Wildman–Crippen MR) is 159 cm³/mol. The number of para-hydroxylation sites is 4. The average Bonchev–Trinajstić information content (AvgIpc) is 3.73. The monoisotopic (exact) mass is 513 g/mol. The van der Waals surface area contributed by atoms with E-state index in [4.69, 9.17) is 8.83 Å². The number of nitriles is 1. The van der Waals surface area contributed by atoms with Gasteiger partial charge >= 0.3 is 0 Å². The van der Waals surface area contributed by atoms with Crippen LogP contribution >= 0.6 is 0 Å². The highest BCUT2D eigenvalue weighted by Gasteiger charge is 2.24. The molecule has 5 heteroatoms. The quantitative estimate of drug-likeness (QED) is 0.231. The maximum atomic E-state index is 10.8. The zero-order valence-corrected chi connectivity index (χ0v) is 21.1. The maximum Gasteiger partial charge on any atom is 0.161 e. The summed E-state index contributed by atoms with van der Waals surface area (Å²) in [4.78, 5) is 0. The Balaban J connectivity index is 1.46. The second-order valence-electron chi connectivity index (χ2n) is 10.0. The lowest BCUT2D eigenvalue weighted by molar-refractivity contribution is 0.672. The van der Waals surface area contributed by atoms with Gasteiger partial charge in [0.2, 0.25) is 0 Å². The van der Waals surface area contributed by atoms with Crippen molar-refractivity contribution < 1.29 is 8.83 Å². The molecule has 4 aromatic heterocycles. The summed E-state index contributed by atoms with van der Waals surface area (Å²) in [6.07, 6.45) is 0. The minimum atomic E-state index is 0.573. The Morgan fingerprint density at radius 1 is 0.475 bits per heavy atom. The van der Waals surface area contributed by atoms with Crippen LogP contribution in [-0.2, 0) is 0 Å². The first-order valence-electron chi connectivity index (χ1n) is 13.2. The van der Waals surface area contributed by atoms with E-state index in [0.29, 0.717) is 5.56 Å². The van der Waals surface area contributed by atoms with Crippen LogP contribution in [-0.4, -0.2) is 9.13 Å². The van der Waals surface area contributed by atoms with E-state index in [-0.39, 0.29) is 0 Å². The molecular formula is C35H19N3O2. The highest BCUT2D eigenvalue weighted by atomic mass is 16.3. The fourth-order valence-electron chi connectivity index (χ4n) is 6.35. The number of benzene rings is 5. The summed E-state index contributed by atoms with van der Waals surface area (Å²) in [5.41, 5.74) is 9.37. The Bertz CT molecular complexity index is 2330. The summed E-state index contributed by atoms with van der Waals surface area (Å²) in [7, 11) is 0. The van der Waals surface area contributed by atoms with E-state index in [1.807, 2.05) is 78.9 Å². The molecule has 0 fully saturated rings. The van der Waals surface area contributed by atoms with Crippen LogP contribution in [0, 0.1) is 11.3 Å². The molecule has 0 bridgehead atoms. The van der Waals surface area contributed by atoms with Crippen molar-refractivity contribution in [2.24, 2.45) is 0 Å². The predicted octanol–water partition coefficient (Wildman–Crippen LogP) is 9.24. The van der Waals surface area contributed by atoms with Gasteiger partial charge in [0, 0.05) is 21.5 Å². The van der Waals surface area contributed by atoms with Crippen molar-refractivity contribution in [1.82, 2.24) is 9.13 Å². The Morgan fingerprint density at radius 3 is 1.38 bits per heavy atom. The molecule has 0 aliphatic rings. The topological polar surface area (TPSA) is 59.9 Å². The molecule has 0 atom stereocenters. The Morgan fingerprint density at radius 2 is 0.900 bits per heavy atom. The van der Waals surface area contributed by atoms with E-state index >= 15 is 0 Å². The van der Waals surface area contributed by atoms with Gasteiger partial charge in [-0.05, 0) is 60.7 Å². The molecule has 9 aromatic rings. The molecule has 0 aliphatic heterocycles. The SMILES string of the molecule is N#Cc1c(-n2c3ccccc3c3oc4ccccc4c32)cccc1-n1c2ccccc2c2oc3ccccc3c21. The van der Waals surface area contributed by atoms with Crippen molar-refractivity contribution in [1.29, 1.82) is 5.26 Å². The lowest BCUT2D eigenvalue weighted by Crippen LogP contribution is -2.03. The zero-order valence-electron chi connectivity index (χ0n) is 21.1. The second-order valence-corrected chi connectivity index (χ2v) is 10.0. The number of hydrogen-bond donors (Lipinski definition) is 0. The smallest absolute Gasteiger partial charge is 0.161 e. The summed E-state index contributed by atoms with van der Waals surface area (Å²) in [5.74, 6) is 0. The second kappa shape index (κ2) is 7.66. The van der Waals surface area contributed by atoms with Gasteiger partial charge in [0.05, 0.1) is 22.4 Å². The van der Waals surface area contributed by atoms with E-state index in [2.05, 4.69) is 51.6 Å². The van der Waals surface area contributed by atoms with Gasteiger partial charge in [-0.1, -0.05) is 54.6 Å². The van der Waals surface area contributed by atoms with Gasteiger partial charge in [-0.2, -0.15) is 5.26 Å². The van der Waals surface area contributed by atoms with Crippen LogP contribution in [0.5, 0.6) is 0 Å². The molecule has 40 heavy (non-hydrogen) atoms. The summed E-state index contributed by atoms with van der Waals surface area (Å²) >= 11 is 0. The van der Waals surface area contributed by atoms with Crippen molar-refractivity contribution in [2.75, 3.05) is 0 Å². The number of fused-ring (bicyclic) bond motifs is 10. The maximum absolute atomic E-state index is 10.8. The molecule has 0 N–H and O–H groups in total. The lowest BCUT2D eigenvalue weighted by Gasteiger charge is -2.15. The summed E-state index contributed by atoms with van der Waals surface area (Å²) in [6, 6.07) is 41.2. The number of nitrogens with zero attached hydrogens (tertiary/aromatic N) is 3. The van der Waals surface area contributed by atoms with Crippen LogP contribution in [0.3, 0.4) is 0 Å². The van der Waals surface area contributed by atoms with Crippen molar-refractivity contribution in [3.8, 4) is 17.4 Å². The standard InChI is InChI=1S/C35H19N3O2/c36-20-25-28(37-26-14-5-1-10-21(26)34-32(37)23-12-3-7-18-30(23)39-34)16-9-17-29(25)38-27-15-6-2-11-22(27)35-33(38)24-13-4-8-19-31(24)40-35/h1-19H. The fourth-order valence-corrected chi connectivity index (χ4v) is 6.35. The van der Waals surface area contributed by atoms with Gasteiger partial charge in [-0.15, -0.1) is 0 Å². The number of furan rings is 2. The first-order valence-corrected chi connectivity index (χ1v) is 13.2. The summed E-state index contributed by atoms with van der Waals surface area (Å²) < 4.78 is 17.1. The van der Waals surface area contributed by atoms with Crippen LogP contribution in [0.2, 0.25) is 0 Å². The molecule has 0 spiro atoms. The first-order chi connectivity index (χ1) is 19.8. The lowest BCUT2D eigenvalue weighted by atomic mass is 10.1. The van der Waals surface area contributed by atoms with Crippen molar-refractivity contribution in [3.63, 3.8) is 0 Å². The van der Waals surface area contributed by atoms with Gasteiger partial charge in [-0.25, -0.2) is 0 Å². The highest BCUT2D eigenvalue weighted by molar-refractivity contribution is 6.18. The van der Waals surface area contributed by atoms with E-state index in [1.54, 1.807) is 0 Å². The number of hydrogen-bond acceptors (Lipinski definition) is 3. The van der Waals surface area contributed by atoms with Crippen molar-refractivity contribution in [2.45, 2.75) is 0 Å². The van der Waals surface area contributed by atoms with Crippen LogP contribution in [0.4, 0.5) is 0 Å². The third-order valence-electron chi connectivity index (χ3n) is 7.98. The minimum Gasteiger partial charge on any atom is -0.454 e. The van der Waals surface area contributed by atoms with Crippen LogP contribution in [0.1, 0.15) is 5.56 Å². The number of rotatable bonds is 2. The largest absolute Gasteiger partial charge is 0.454 e. The van der Waals surface area contributed by atoms with Crippen molar-refractivity contribution >= 4 is 65.9 Å². The Hall–Kier alpha value is -5.73. The molecule has 9 rings (SSSR count). The molecule has 0 unspecified atom stereocenters. The fraction of sp³-hybridized carbons (Fsp3) is 0. The Kier molecular flexibility index (Phi) is 4.06. The van der Waals surface area contributed by atoms with Gasteiger partial charge < -0.3 is 18.0 Å². The van der Waals surface area contributed by atoms with E-state index in [0.717, 1.165) is 77.3 Å². The van der Waals surface area contributed by atoms with Gasteiger partial charge in [0.15, 0.2) is 11.2 Å². The van der Waals surface area contributed by atoms with Crippen LogP contribution in [0.25, 0.3) is 77.3 Å². The van der Waals surface area contributed by atoms with Crippen LogP contribution < -0.4 is 0 Å². The third-order valence-corrected chi connectivity index (χ3v) is 7.98. The summed E-state index contributed by atoms with van der Waals surface area (Å²) in [6.45, 7) is 0. The first kappa shape index (κ1) is 21.2. The third kappa shape index (κ3) is 2.60. The van der Waals surface area contributed by atoms with E-state index < -0.39 is 0 Å². The van der Waals surface area contributed by atoms with Gasteiger partial charge in [0.1, 0.15) is 33.8 Å². The van der Waals surface area contributed by atoms with E-state index in [1.165, 1.54) is 0 Å². The number of aromatic nitrogens is 2. The van der Waals surface area contributed by atoms with E-state index in [9.17, 15) is 5.26 Å². The van der Waals surface area contributed by atoms with Crippen molar-refractivity contribution in [3.05, 3.63) is 121 Å². The molecular weight excluding hydrogens is 494 g/mol. The zero-order chi connectivity index (χ0) is 26.4. The molecule has 0 saturated carbocycles. The molecule has 5 aromatic carbocycles. The van der Waals surface area contributed by atoms with Gasteiger partial charge in [-0.3, -0.25) is 0 Å². The Labute approximate surface area is 227 Å². The molecule has 0 radical (unpaired) electrons. The molecule has 0 aliphatic carbocycles. The highest BCUT2D eigenvalue weighted by Crippen LogP contribution is 2.42. The van der Waals surface area contributed by atoms with Gasteiger partial charge in [0.25, 0.3) is 0 Å². The molecule has 5 nitrogen and oxygen atoms in total. The molecule has 186 valence electrons. The normalized spacial score (nSPS) is 12.0. The summed E-state index contributed by atoms with van der Waals surface area (Å²) in [5, 5.41) is 14.8.